The summed E-state index contributed by atoms with van der Waals surface area (Å²) in [6.45, 7) is 3.10. The topological polar surface area (TPSA) is 67.5 Å². The first-order valence-corrected chi connectivity index (χ1v) is 8.05. The van der Waals surface area contributed by atoms with Crippen molar-refractivity contribution in [3.05, 3.63) is 0 Å². The molecule has 0 unspecified atom stereocenters. The van der Waals surface area contributed by atoms with Gasteiger partial charge in [-0.1, -0.05) is 11.3 Å². The highest BCUT2D eigenvalue weighted by atomic mass is 32.1. The lowest BCUT2D eigenvalue weighted by atomic mass is 9.73. The lowest BCUT2D eigenvalue weighted by Gasteiger charge is -2.30. The minimum absolute atomic E-state index is 0.0613. The fraction of sp³-hybridized carbons (Fsp3) is 0.846. The van der Waals surface area contributed by atoms with Gasteiger partial charge in [-0.2, -0.15) is 0 Å². The number of hydrogen-bond acceptors (Lipinski definition) is 7. The number of fused-ring (bicyclic) bond motifs is 1. The van der Waals surface area contributed by atoms with Crippen molar-refractivity contribution in [2.24, 2.45) is 11.8 Å². The van der Waals surface area contributed by atoms with E-state index in [-0.39, 0.29) is 5.60 Å². The number of nitrogens with zero attached hydrogens (tertiary/aromatic N) is 4. The SMILES string of the molecule is CN(C)C[C@H]1[C@@H]2CC[C@@]3(CN(c4nnc(N)s4)C[C@@H]13)O2. The van der Waals surface area contributed by atoms with Crippen molar-refractivity contribution in [1.29, 1.82) is 0 Å². The van der Waals surface area contributed by atoms with Crippen LogP contribution < -0.4 is 10.6 Å². The van der Waals surface area contributed by atoms with Gasteiger partial charge in [-0.05, 0) is 26.9 Å². The summed E-state index contributed by atoms with van der Waals surface area (Å²) in [6.07, 6.45) is 2.86. The lowest BCUT2D eigenvalue weighted by molar-refractivity contribution is 0.0137. The largest absolute Gasteiger partial charge is 0.374 e. The molecule has 1 spiro atoms. The maximum atomic E-state index is 6.41. The van der Waals surface area contributed by atoms with Crippen molar-refractivity contribution >= 4 is 21.6 Å². The summed E-state index contributed by atoms with van der Waals surface area (Å²) < 4.78 is 6.41. The molecule has 0 radical (unpaired) electrons. The molecule has 0 saturated carbocycles. The van der Waals surface area contributed by atoms with Crippen LogP contribution in [0.2, 0.25) is 0 Å². The van der Waals surface area contributed by atoms with Crippen LogP contribution in [0.3, 0.4) is 0 Å². The monoisotopic (exact) mass is 295 g/mol. The average Bonchev–Trinajstić information content (AvgIpc) is 3.09. The molecule has 1 aromatic heterocycles. The second-order valence-electron chi connectivity index (χ2n) is 6.60. The van der Waals surface area contributed by atoms with Gasteiger partial charge in [-0.25, -0.2) is 0 Å². The van der Waals surface area contributed by atoms with E-state index in [1.807, 2.05) is 0 Å². The van der Waals surface area contributed by atoms with E-state index in [1.54, 1.807) is 0 Å². The van der Waals surface area contributed by atoms with Crippen molar-refractivity contribution in [2.75, 3.05) is 44.4 Å². The molecule has 4 atom stereocenters. The molecule has 0 amide bonds. The van der Waals surface area contributed by atoms with Crippen molar-refractivity contribution in [2.45, 2.75) is 24.5 Å². The predicted octanol–water partition coefficient (Wildman–Crippen LogP) is 0.666. The van der Waals surface area contributed by atoms with Crippen LogP contribution in [0, 0.1) is 11.8 Å². The smallest absolute Gasteiger partial charge is 0.210 e. The second kappa shape index (κ2) is 4.29. The van der Waals surface area contributed by atoms with E-state index in [2.05, 4.69) is 34.1 Å². The summed E-state index contributed by atoms with van der Waals surface area (Å²) in [5.74, 6) is 1.27. The molecule has 4 heterocycles. The Morgan fingerprint density at radius 1 is 1.50 bits per heavy atom. The highest BCUT2D eigenvalue weighted by Gasteiger charge is 2.63. The summed E-state index contributed by atoms with van der Waals surface area (Å²) in [5, 5.41) is 9.62. The third kappa shape index (κ3) is 1.76. The predicted molar refractivity (Wildman–Crippen MR) is 78.9 cm³/mol. The molecular formula is C13H21N5OS. The highest BCUT2D eigenvalue weighted by Crippen LogP contribution is 2.55. The molecule has 3 aliphatic rings. The minimum atomic E-state index is 0.0613. The number of aromatic nitrogens is 2. The molecule has 110 valence electrons. The Labute approximate surface area is 122 Å². The van der Waals surface area contributed by atoms with Crippen LogP contribution in [0.1, 0.15) is 12.8 Å². The van der Waals surface area contributed by atoms with Crippen LogP contribution in [0.4, 0.5) is 10.3 Å². The Balaban J connectivity index is 1.58. The van der Waals surface area contributed by atoms with Crippen molar-refractivity contribution < 1.29 is 4.74 Å². The third-order valence-corrected chi connectivity index (χ3v) is 5.87. The van der Waals surface area contributed by atoms with Gasteiger partial charge in [0, 0.05) is 31.5 Å². The first-order chi connectivity index (χ1) is 9.57. The zero-order valence-electron chi connectivity index (χ0n) is 12.0. The zero-order chi connectivity index (χ0) is 13.9. The normalized spacial score (nSPS) is 39.0. The fourth-order valence-electron chi connectivity index (χ4n) is 4.36. The summed E-state index contributed by atoms with van der Waals surface area (Å²) in [5.41, 5.74) is 5.77. The average molecular weight is 295 g/mol. The van der Waals surface area contributed by atoms with Crippen LogP contribution >= 0.6 is 11.3 Å². The first kappa shape index (κ1) is 12.8. The highest BCUT2D eigenvalue weighted by molar-refractivity contribution is 7.18. The summed E-state index contributed by atoms with van der Waals surface area (Å²) >= 11 is 1.48. The number of rotatable bonds is 3. The van der Waals surface area contributed by atoms with E-state index < -0.39 is 0 Å². The van der Waals surface area contributed by atoms with Crippen LogP contribution in [-0.4, -0.2) is 60.5 Å². The minimum Gasteiger partial charge on any atom is -0.374 e. The van der Waals surface area contributed by atoms with Gasteiger partial charge in [0.15, 0.2) is 0 Å². The van der Waals surface area contributed by atoms with Gasteiger partial charge in [-0.15, -0.1) is 10.2 Å². The van der Waals surface area contributed by atoms with Gasteiger partial charge in [-0.3, -0.25) is 0 Å². The van der Waals surface area contributed by atoms with E-state index in [0.717, 1.165) is 24.8 Å². The van der Waals surface area contributed by atoms with Gasteiger partial charge < -0.3 is 20.3 Å². The molecule has 2 bridgehead atoms. The van der Waals surface area contributed by atoms with E-state index in [4.69, 9.17) is 10.5 Å². The van der Waals surface area contributed by atoms with Crippen molar-refractivity contribution in [3.8, 4) is 0 Å². The number of ether oxygens (including phenoxy) is 1. The van der Waals surface area contributed by atoms with Crippen LogP contribution in [0.25, 0.3) is 0 Å². The number of anilines is 2. The molecule has 3 saturated heterocycles. The number of nitrogens with two attached hydrogens (primary N) is 1. The Kier molecular flexibility index (Phi) is 2.74. The molecule has 3 aliphatic heterocycles. The molecule has 4 rings (SSSR count). The zero-order valence-corrected chi connectivity index (χ0v) is 12.8. The molecular weight excluding hydrogens is 274 g/mol. The summed E-state index contributed by atoms with van der Waals surface area (Å²) in [4.78, 5) is 4.61. The molecule has 0 aliphatic carbocycles. The van der Waals surface area contributed by atoms with Crippen molar-refractivity contribution in [1.82, 2.24) is 15.1 Å². The first-order valence-electron chi connectivity index (χ1n) is 7.24. The lowest BCUT2D eigenvalue weighted by Crippen LogP contribution is -2.40. The van der Waals surface area contributed by atoms with E-state index >= 15 is 0 Å². The summed E-state index contributed by atoms with van der Waals surface area (Å²) in [6, 6.07) is 0. The van der Waals surface area contributed by atoms with Crippen LogP contribution in [0.5, 0.6) is 0 Å². The molecule has 1 aromatic rings. The van der Waals surface area contributed by atoms with Gasteiger partial charge in [0.05, 0.1) is 11.7 Å². The molecule has 7 heteroatoms. The Hall–Kier alpha value is -0.920. The van der Waals surface area contributed by atoms with Gasteiger partial charge in [0.25, 0.3) is 0 Å². The Bertz CT molecular complexity index is 521. The van der Waals surface area contributed by atoms with Crippen LogP contribution in [-0.2, 0) is 4.74 Å². The number of nitrogen functional groups attached to an aromatic ring is 1. The Morgan fingerprint density at radius 2 is 2.35 bits per heavy atom. The standard InChI is InChI=1S/C13H21N5OS/c1-17(2)5-8-9-6-18(12-16-15-11(14)20-12)7-13(9)4-3-10(8)19-13/h8-10H,3-7H2,1-2H3,(H2,14,15)/t8-,9+,10+,13+/m1/s1. The molecule has 0 aromatic carbocycles. The molecule has 2 N–H and O–H groups in total. The van der Waals surface area contributed by atoms with Crippen molar-refractivity contribution in [3.63, 3.8) is 0 Å². The molecule has 3 fully saturated rings. The van der Waals surface area contributed by atoms with E-state index in [1.165, 1.54) is 24.2 Å². The maximum absolute atomic E-state index is 6.41. The van der Waals surface area contributed by atoms with E-state index in [0.29, 0.717) is 23.1 Å². The van der Waals surface area contributed by atoms with Gasteiger partial charge >= 0.3 is 0 Å². The van der Waals surface area contributed by atoms with Gasteiger partial charge in [0.2, 0.25) is 10.3 Å². The molecule has 6 nitrogen and oxygen atoms in total. The third-order valence-electron chi connectivity index (χ3n) is 5.06. The maximum Gasteiger partial charge on any atom is 0.210 e. The quantitative estimate of drug-likeness (QED) is 0.884. The number of hydrogen-bond donors (Lipinski definition) is 1. The summed E-state index contributed by atoms with van der Waals surface area (Å²) in [7, 11) is 4.30. The van der Waals surface area contributed by atoms with E-state index in [9.17, 15) is 0 Å². The van der Waals surface area contributed by atoms with Gasteiger partial charge in [0.1, 0.15) is 0 Å². The molecule has 20 heavy (non-hydrogen) atoms. The van der Waals surface area contributed by atoms with Crippen LogP contribution in [0.15, 0.2) is 0 Å². The fourth-order valence-corrected chi connectivity index (χ4v) is 4.97. The second-order valence-corrected chi connectivity index (χ2v) is 7.58. The Morgan fingerprint density at radius 3 is 3.05 bits per heavy atom.